The minimum atomic E-state index is -0.350. The van der Waals surface area contributed by atoms with Crippen LogP contribution in [0.5, 0.6) is 0 Å². The summed E-state index contributed by atoms with van der Waals surface area (Å²) in [6.07, 6.45) is 9.26. The first-order valence-corrected chi connectivity index (χ1v) is 8.98. The zero-order valence-corrected chi connectivity index (χ0v) is 14.6. The summed E-state index contributed by atoms with van der Waals surface area (Å²) < 4.78 is 0. The molecule has 1 unspecified atom stereocenters. The van der Waals surface area contributed by atoms with Crippen LogP contribution in [0, 0.1) is 16.7 Å². The highest BCUT2D eigenvalue weighted by Gasteiger charge is 2.42. The molecule has 2 saturated heterocycles. The van der Waals surface area contributed by atoms with Gasteiger partial charge in [-0.25, -0.2) is 9.97 Å². The van der Waals surface area contributed by atoms with Gasteiger partial charge in [-0.05, 0) is 36.8 Å². The first kappa shape index (κ1) is 16.7. The normalized spacial score (nSPS) is 22.2. The number of anilines is 2. The van der Waals surface area contributed by atoms with Gasteiger partial charge in [0.25, 0.3) is 0 Å². The Hall–Kier alpha value is -2.72. The van der Waals surface area contributed by atoms with Gasteiger partial charge in [-0.15, -0.1) is 0 Å². The number of aliphatic hydroxyl groups is 1. The van der Waals surface area contributed by atoms with E-state index in [-0.39, 0.29) is 11.5 Å². The number of piperidine rings is 2. The van der Waals surface area contributed by atoms with E-state index >= 15 is 0 Å². The van der Waals surface area contributed by atoms with Crippen molar-refractivity contribution < 1.29 is 5.11 Å². The molecule has 2 aromatic heterocycles. The van der Waals surface area contributed by atoms with Gasteiger partial charge in [0.15, 0.2) is 0 Å². The van der Waals surface area contributed by atoms with Gasteiger partial charge in [0.2, 0.25) is 0 Å². The van der Waals surface area contributed by atoms with Gasteiger partial charge >= 0.3 is 0 Å². The summed E-state index contributed by atoms with van der Waals surface area (Å²) in [5, 5.41) is 19.5. The molecule has 4 rings (SSSR count). The molecule has 0 saturated carbocycles. The lowest BCUT2D eigenvalue weighted by Crippen LogP contribution is -2.54. The highest BCUT2D eigenvalue weighted by Crippen LogP contribution is 2.41. The lowest BCUT2D eigenvalue weighted by molar-refractivity contribution is 0.0594. The molecule has 134 valence electrons. The van der Waals surface area contributed by atoms with Crippen LogP contribution in [0.25, 0.3) is 0 Å². The molecule has 2 aromatic rings. The minimum absolute atomic E-state index is 0.0819. The van der Waals surface area contributed by atoms with Gasteiger partial charge in [-0.2, -0.15) is 5.26 Å². The van der Waals surface area contributed by atoms with Crippen LogP contribution in [-0.4, -0.2) is 52.3 Å². The molecule has 1 spiro atoms. The standard InChI is InChI=1S/C19H22N6O/c20-11-15-1-4-22-17(9-15)24-7-2-19(3-8-24)10-16(26)13-25(14-19)18-12-21-5-6-23-18/h1,4-6,9,12,16,26H,2-3,7-8,10,13-14H2. The van der Waals surface area contributed by atoms with Crippen LogP contribution in [0.3, 0.4) is 0 Å². The lowest BCUT2D eigenvalue weighted by Gasteiger charge is -2.49. The van der Waals surface area contributed by atoms with Crippen molar-refractivity contribution in [2.75, 3.05) is 36.0 Å². The molecule has 4 heterocycles. The second-order valence-corrected chi connectivity index (χ2v) is 7.30. The van der Waals surface area contributed by atoms with Crippen molar-refractivity contribution in [1.29, 1.82) is 5.26 Å². The molecular formula is C19H22N6O. The van der Waals surface area contributed by atoms with Crippen LogP contribution in [0.15, 0.2) is 36.9 Å². The second kappa shape index (κ2) is 6.89. The van der Waals surface area contributed by atoms with Gasteiger partial charge < -0.3 is 14.9 Å². The van der Waals surface area contributed by atoms with Gasteiger partial charge in [0.1, 0.15) is 11.6 Å². The molecular weight excluding hydrogens is 328 g/mol. The van der Waals surface area contributed by atoms with Crippen molar-refractivity contribution in [3.63, 3.8) is 0 Å². The average molecular weight is 350 g/mol. The van der Waals surface area contributed by atoms with Crippen molar-refractivity contribution in [3.8, 4) is 6.07 Å². The van der Waals surface area contributed by atoms with E-state index in [1.807, 2.05) is 6.07 Å². The summed E-state index contributed by atoms with van der Waals surface area (Å²) in [5.41, 5.74) is 0.718. The Labute approximate surface area is 152 Å². The van der Waals surface area contributed by atoms with E-state index in [1.54, 1.807) is 30.9 Å². The fourth-order valence-electron chi connectivity index (χ4n) is 4.22. The maximum Gasteiger partial charge on any atom is 0.147 e. The minimum Gasteiger partial charge on any atom is -0.391 e. The van der Waals surface area contributed by atoms with Crippen molar-refractivity contribution in [2.45, 2.75) is 25.4 Å². The first-order chi connectivity index (χ1) is 12.7. The SMILES string of the molecule is N#Cc1ccnc(N2CCC3(CC2)CC(O)CN(c2cnccn2)C3)c1. The molecule has 0 amide bonds. The second-order valence-electron chi connectivity index (χ2n) is 7.30. The summed E-state index contributed by atoms with van der Waals surface area (Å²) in [6, 6.07) is 5.75. The zero-order valence-electron chi connectivity index (χ0n) is 14.6. The van der Waals surface area contributed by atoms with Gasteiger partial charge in [0.05, 0.1) is 23.9 Å². The van der Waals surface area contributed by atoms with E-state index in [2.05, 4.69) is 30.8 Å². The van der Waals surface area contributed by atoms with Gasteiger partial charge in [-0.3, -0.25) is 4.98 Å². The molecule has 2 fully saturated rings. The highest BCUT2D eigenvalue weighted by molar-refractivity contribution is 5.45. The maximum absolute atomic E-state index is 10.5. The number of pyridine rings is 1. The molecule has 7 heteroatoms. The molecule has 1 N–H and O–H groups in total. The summed E-state index contributed by atoms with van der Waals surface area (Å²) in [7, 11) is 0. The molecule has 0 radical (unpaired) electrons. The third-order valence-corrected chi connectivity index (χ3v) is 5.52. The summed E-state index contributed by atoms with van der Waals surface area (Å²) in [6.45, 7) is 3.25. The number of hydrogen-bond acceptors (Lipinski definition) is 7. The first-order valence-electron chi connectivity index (χ1n) is 8.98. The van der Waals surface area contributed by atoms with E-state index in [4.69, 9.17) is 5.26 Å². The Kier molecular flexibility index (Phi) is 4.43. The van der Waals surface area contributed by atoms with Crippen molar-refractivity contribution in [1.82, 2.24) is 15.0 Å². The number of nitriles is 1. The molecule has 0 bridgehead atoms. The molecule has 0 aliphatic carbocycles. The number of rotatable bonds is 2. The number of hydrogen-bond donors (Lipinski definition) is 1. The van der Waals surface area contributed by atoms with E-state index in [0.717, 1.165) is 50.5 Å². The zero-order chi connectivity index (χ0) is 18.0. The molecule has 7 nitrogen and oxygen atoms in total. The Bertz CT molecular complexity index is 797. The number of aliphatic hydroxyl groups excluding tert-OH is 1. The smallest absolute Gasteiger partial charge is 0.147 e. The number of β-amino-alcohol motifs (C(OH)–C–C–N with tert-alkyl or cyclic N) is 1. The number of aromatic nitrogens is 3. The van der Waals surface area contributed by atoms with Crippen molar-refractivity contribution in [2.24, 2.45) is 5.41 Å². The molecule has 2 aliphatic rings. The number of nitrogens with zero attached hydrogens (tertiary/aromatic N) is 6. The van der Waals surface area contributed by atoms with Crippen LogP contribution >= 0.6 is 0 Å². The fraction of sp³-hybridized carbons (Fsp3) is 0.474. The predicted molar refractivity (Wildman–Crippen MR) is 97.7 cm³/mol. The summed E-state index contributed by atoms with van der Waals surface area (Å²) in [4.78, 5) is 17.4. The highest BCUT2D eigenvalue weighted by atomic mass is 16.3. The van der Waals surface area contributed by atoms with Crippen molar-refractivity contribution >= 4 is 11.6 Å². The molecule has 1 atom stereocenters. The summed E-state index contributed by atoms with van der Waals surface area (Å²) >= 11 is 0. The third kappa shape index (κ3) is 3.33. The Morgan fingerprint density at radius 2 is 1.92 bits per heavy atom. The van der Waals surface area contributed by atoms with Gasteiger partial charge in [0, 0.05) is 44.8 Å². The molecule has 2 aliphatic heterocycles. The average Bonchev–Trinajstić information content (AvgIpc) is 2.69. The monoisotopic (exact) mass is 350 g/mol. The molecule has 26 heavy (non-hydrogen) atoms. The van der Waals surface area contributed by atoms with Crippen LogP contribution in [0.1, 0.15) is 24.8 Å². The van der Waals surface area contributed by atoms with E-state index < -0.39 is 0 Å². The largest absolute Gasteiger partial charge is 0.391 e. The van der Waals surface area contributed by atoms with Crippen LogP contribution in [-0.2, 0) is 0 Å². The van der Waals surface area contributed by atoms with Crippen LogP contribution < -0.4 is 9.80 Å². The molecule has 0 aromatic carbocycles. The Morgan fingerprint density at radius 1 is 1.12 bits per heavy atom. The fourth-order valence-corrected chi connectivity index (χ4v) is 4.22. The predicted octanol–water partition coefficient (Wildman–Crippen LogP) is 1.60. The maximum atomic E-state index is 10.5. The topological polar surface area (TPSA) is 89.2 Å². The Morgan fingerprint density at radius 3 is 2.65 bits per heavy atom. The van der Waals surface area contributed by atoms with E-state index in [0.29, 0.717) is 12.1 Å². The van der Waals surface area contributed by atoms with Gasteiger partial charge in [-0.1, -0.05) is 0 Å². The van der Waals surface area contributed by atoms with E-state index in [9.17, 15) is 5.11 Å². The summed E-state index contributed by atoms with van der Waals surface area (Å²) in [5.74, 6) is 1.69. The third-order valence-electron chi connectivity index (χ3n) is 5.52. The quantitative estimate of drug-likeness (QED) is 0.880. The van der Waals surface area contributed by atoms with Crippen LogP contribution in [0.2, 0.25) is 0 Å². The van der Waals surface area contributed by atoms with Crippen LogP contribution in [0.4, 0.5) is 11.6 Å². The lowest BCUT2D eigenvalue weighted by atomic mass is 9.71. The Balaban J connectivity index is 1.47. The van der Waals surface area contributed by atoms with E-state index in [1.165, 1.54) is 0 Å². The van der Waals surface area contributed by atoms with Crippen molar-refractivity contribution in [3.05, 3.63) is 42.5 Å².